The molecule has 2 saturated heterocycles. The first-order valence-electron chi connectivity index (χ1n) is 9.34. The molecule has 3 fully saturated rings. The molecule has 6 nitrogen and oxygen atoms in total. The highest BCUT2D eigenvalue weighted by Crippen LogP contribution is 2.36. The molecule has 0 aromatic carbocycles. The number of halogens is 2. The summed E-state index contributed by atoms with van der Waals surface area (Å²) in [7, 11) is 0. The highest BCUT2D eigenvalue weighted by Gasteiger charge is 2.43. The van der Waals surface area contributed by atoms with Crippen molar-refractivity contribution in [2.45, 2.75) is 50.2 Å². The molecule has 2 aliphatic heterocycles. The van der Waals surface area contributed by atoms with Crippen LogP contribution in [0.25, 0.3) is 0 Å². The molecule has 1 saturated carbocycles. The van der Waals surface area contributed by atoms with Gasteiger partial charge in [-0.05, 0) is 25.3 Å². The average Bonchev–Trinajstić information content (AvgIpc) is 2.67. The Kier molecular flexibility index (Phi) is 4.77. The fourth-order valence-electron chi connectivity index (χ4n) is 4.38. The molecule has 0 spiro atoms. The maximum Gasteiger partial charge on any atom is 0.251 e. The molecule has 3 atom stereocenters. The predicted molar refractivity (Wildman–Crippen MR) is 91.0 cm³/mol. The fraction of sp³-hybridized carbons (Fsp3) is 0.722. The molecule has 0 bridgehead atoms. The molecule has 142 valence electrons. The number of alkyl halides is 2. The van der Waals surface area contributed by atoms with Gasteiger partial charge in [0.15, 0.2) is 0 Å². The van der Waals surface area contributed by atoms with E-state index < -0.39 is 5.92 Å². The Morgan fingerprint density at radius 3 is 2.77 bits per heavy atom. The summed E-state index contributed by atoms with van der Waals surface area (Å²) < 4.78 is 32.7. The molecule has 26 heavy (non-hydrogen) atoms. The van der Waals surface area contributed by atoms with Gasteiger partial charge in [0.05, 0.1) is 18.8 Å². The molecule has 3 aliphatic rings. The van der Waals surface area contributed by atoms with Crippen LogP contribution in [0.5, 0.6) is 0 Å². The van der Waals surface area contributed by atoms with Gasteiger partial charge in [-0.3, -0.25) is 4.79 Å². The van der Waals surface area contributed by atoms with Gasteiger partial charge in [0.2, 0.25) is 5.91 Å². The average molecular weight is 366 g/mol. The number of aromatic nitrogens is 2. The molecule has 0 radical (unpaired) electrons. The maximum absolute atomic E-state index is 13.4. The Hall–Kier alpha value is -1.83. The van der Waals surface area contributed by atoms with Crippen molar-refractivity contribution < 1.29 is 18.3 Å². The zero-order valence-electron chi connectivity index (χ0n) is 14.7. The Balaban J connectivity index is 1.45. The number of anilines is 1. The Bertz CT molecular complexity index is 635. The molecular weight excluding hydrogens is 342 g/mol. The second kappa shape index (κ2) is 7.06. The summed E-state index contributed by atoms with van der Waals surface area (Å²) in [5.41, 5.74) is 0. The molecule has 4 rings (SSSR count). The molecule has 1 aromatic heterocycles. The second-order valence-electron chi connectivity index (χ2n) is 7.43. The number of piperidine rings is 1. The third-order valence-corrected chi connectivity index (χ3v) is 5.84. The quantitative estimate of drug-likeness (QED) is 0.802. The lowest BCUT2D eigenvalue weighted by atomic mass is 9.81. The van der Waals surface area contributed by atoms with Gasteiger partial charge in [0.1, 0.15) is 12.1 Å². The van der Waals surface area contributed by atoms with E-state index in [1.54, 1.807) is 11.1 Å². The van der Waals surface area contributed by atoms with Crippen molar-refractivity contribution in [3.05, 3.63) is 18.6 Å². The van der Waals surface area contributed by atoms with Gasteiger partial charge < -0.3 is 14.5 Å². The second-order valence-corrected chi connectivity index (χ2v) is 7.43. The van der Waals surface area contributed by atoms with Gasteiger partial charge in [-0.2, -0.15) is 0 Å². The zero-order chi connectivity index (χ0) is 18.1. The summed E-state index contributed by atoms with van der Waals surface area (Å²) in [6.07, 6.45) is 5.12. The number of ether oxygens (including phenoxy) is 1. The summed E-state index contributed by atoms with van der Waals surface area (Å²) in [4.78, 5) is 25.0. The zero-order valence-corrected chi connectivity index (χ0v) is 14.7. The van der Waals surface area contributed by atoms with Crippen LogP contribution in [0.1, 0.15) is 32.1 Å². The van der Waals surface area contributed by atoms with Crippen LogP contribution in [0.3, 0.4) is 0 Å². The lowest BCUT2D eigenvalue weighted by Gasteiger charge is -2.47. The SMILES string of the molecule is O=C([C@H]1CC[C@H]2OCCN(c3ccncn3)[C@@H]2C1)N1CCC(F)(F)CC1. The molecule has 1 amide bonds. The van der Waals surface area contributed by atoms with Crippen molar-refractivity contribution in [2.24, 2.45) is 5.92 Å². The first kappa shape index (κ1) is 17.6. The van der Waals surface area contributed by atoms with Crippen molar-refractivity contribution in [2.75, 3.05) is 31.1 Å². The smallest absolute Gasteiger partial charge is 0.251 e. The summed E-state index contributed by atoms with van der Waals surface area (Å²) in [6, 6.07) is 1.97. The largest absolute Gasteiger partial charge is 0.374 e. The summed E-state index contributed by atoms with van der Waals surface area (Å²) in [5.74, 6) is -1.89. The van der Waals surface area contributed by atoms with Crippen LogP contribution in [-0.4, -0.2) is 65.1 Å². The van der Waals surface area contributed by atoms with Gasteiger partial charge in [0.25, 0.3) is 5.92 Å². The molecule has 8 heteroatoms. The number of hydrogen-bond acceptors (Lipinski definition) is 5. The lowest BCUT2D eigenvalue weighted by Crippen LogP contribution is -2.56. The first-order valence-corrected chi connectivity index (χ1v) is 9.34. The highest BCUT2D eigenvalue weighted by molar-refractivity contribution is 5.79. The van der Waals surface area contributed by atoms with Gasteiger partial charge in [-0.15, -0.1) is 0 Å². The summed E-state index contributed by atoms with van der Waals surface area (Å²) in [6.45, 7) is 1.69. The maximum atomic E-state index is 13.4. The van der Waals surface area contributed by atoms with Gasteiger partial charge in [-0.25, -0.2) is 18.7 Å². The number of amides is 1. The predicted octanol–water partition coefficient (Wildman–Crippen LogP) is 2.11. The summed E-state index contributed by atoms with van der Waals surface area (Å²) in [5, 5.41) is 0. The van der Waals surface area contributed by atoms with E-state index in [0.29, 0.717) is 13.0 Å². The van der Waals surface area contributed by atoms with Crippen molar-refractivity contribution >= 4 is 11.7 Å². The number of fused-ring (bicyclic) bond motifs is 1. The van der Waals surface area contributed by atoms with Gasteiger partial charge in [-0.1, -0.05) is 0 Å². The highest BCUT2D eigenvalue weighted by atomic mass is 19.3. The topological polar surface area (TPSA) is 58.6 Å². The number of nitrogens with zero attached hydrogens (tertiary/aromatic N) is 4. The normalized spacial score (nSPS) is 31.4. The number of hydrogen-bond donors (Lipinski definition) is 0. The summed E-state index contributed by atoms with van der Waals surface area (Å²) >= 11 is 0. The molecule has 0 unspecified atom stereocenters. The van der Waals surface area contributed by atoms with Crippen LogP contribution < -0.4 is 4.90 Å². The monoisotopic (exact) mass is 366 g/mol. The number of likely N-dealkylation sites (tertiary alicyclic amines) is 1. The van der Waals surface area contributed by atoms with E-state index in [1.165, 1.54) is 6.33 Å². The van der Waals surface area contributed by atoms with Crippen molar-refractivity contribution in [3.63, 3.8) is 0 Å². The third kappa shape index (κ3) is 3.51. The standard InChI is InChI=1S/C18H24F2N4O2/c19-18(20)4-7-23(8-5-18)17(25)13-1-2-15-14(11-13)24(9-10-26-15)16-3-6-21-12-22-16/h3,6,12-15H,1-2,4-5,7-11H2/t13-,14+,15+/m0/s1. The Labute approximate surface area is 151 Å². The van der Waals surface area contributed by atoms with Gasteiger partial charge >= 0.3 is 0 Å². The van der Waals surface area contributed by atoms with E-state index in [0.717, 1.165) is 25.2 Å². The molecule has 1 aliphatic carbocycles. The van der Waals surface area contributed by atoms with E-state index in [2.05, 4.69) is 14.9 Å². The van der Waals surface area contributed by atoms with Crippen LogP contribution in [0.2, 0.25) is 0 Å². The van der Waals surface area contributed by atoms with Crippen molar-refractivity contribution in [3.8, 4) is 0 Å². The first-order chi connectivity index (χ1) is 12.5. The Morgan fingerprint density at radius 2 is 2.04 bits per heavy atom. The van der Waals surface area contributed by atoms with E-state index in [1.807, 2.05) is 6.07 Å². The van der Waals surface area contributed by atoms with Crippen molar-refractivity contribution in [1.29, 1.82) is 0 Å². The van der Waals surface area contributed by atoms with Crippen LogP contribution in [0.15, 0.2) is 18.6 Å². The minimum Gasteiger partial charge on any atom is -0.374 e. The van der Waals surface area contributed by atoms with Crippen LogP contribution in [-0.2, 0) is 9.53 Å². The fourth-order valence-corrected chi connectivity index (χ4v) is 4.38. The minimum absolute atomic E-state index is 0.0205. The van der Waals surface area contributed by atoms with Gasteiger partial charge in [0, 0.05) is 44.6 Å². The number of carbonyl (C=O) groups excluding carboxylic acids is 1. The number of rotatable bonds is 2. The van der Waals surface area contributed by atoms with Crippen molar-refractivity contribution in [1.82, 2.24) is 14.9 Å². The van der Waals surface area contributed by atoms with Crippen LogP contribution in [0, 0.1) is 5.92 Å². The third-order valence-electron chi connectivity index (χ3n) is 5.84. The Morgan fingerprint density at radius 1 is 1.23 bits per heavy atom. The van der Waals surface area contributed by atoms with E-state index in [-0.39, 0.29) is 49.9 Å². The number of morpholine rings is 1. The molecular formula is C18H24F2N4O2. The van der Waals surface area contributed by atoms with Crippen LogP contribution >= 0.6 is 0 Å². The number of carbonyl (C=O) groups is 1. The molecule has 1 aromatic rings. The molecule has 3 heterocycles. The minimum atomic E-state index is -2.63. The lowest BCUT2D eigenvalue weighted by molar-refractivity contribution is -0.144. The molecule has 0 N–H and O–H groups in total. The van der Waals surface area contributed by atoms with E-state index in [9.17, 15) is 13.6 Å². The van der Waals surface area contributed by atoms with E-state index in [4.69, 9.17) is 4.74 Å². The van der Waals surface area contributed by atoms with E-state index >= 15 is 0 Å². The van der Waals surface area contributed by atoms with Crippen LogP contribution in [0.4, 0.5) is 14.6 Å².